The molecule has 232 valence electrons. The lowest BCUT2D eigenvalue weighted by molar-refractivity contribution is 0.241. The Morgan fingerprint density at radius 2 is 1.02 bits per heavy atom. The van der Waals surface area contributed by atoms with Gasteiger partial charge in [0.15, 0.2) is 0 Å². The van der Waals surface area contributed by atoms with Gasteiger partial charge >= 0.3 is 0 Å². The summed E-state index contributed by atoms with van der Waals surface area (Å²) in [6.45, 7) is 0. The van der Waals surface area contributed by atoms with E-state index in [1.165, 1.54) is 0 Å². The van der Waals surface area contributed by atoms with Crippen LogP contribution < -0.4 is 0 Å². The molecule has 0 bridgehead atoms. The van der Waals surface area contributed by atoms with E-state index >= 15 is 0 Å². The Kier molecular flexibility index (Phi) is 7.97. The number of benzene rings is 5. The van der Waals surface area contributed by atoms with Gasteiger partial charge in [-0.2, -0.15) is 0 Å². The molecule has 0 saturated heterocycles. The van der Waals surface area contributed by atoms with Crippen molar-refractivity contribution in [1.29, 1.82) is 0 Å². The van der Waals surface area contributed by atoms with Crippen LogP contribution >= 0.6 is 23.2 Å². The first-order valence-electron chi connectivity index (χ1n) is 15.9. The number of rotatable bonds is 7. The quantitative estimate of drug-likeness (QED) is 0.157. The third kappa shape index (κ3) is 5.24. The van der Waals surface area contributed by atoms with E-state index in [0.29, 0.717) is 10.8 Å². The van der Waals surface area contributed by atoms with Gasteiger partial charge < -0.3 is 0 Å². The number of halogens is 2. The number of nitrogens with zero attached hydrogens (tertiary/aromatic N) is 4. The minimum atomic E-state index is -1.29. The van der Waals surface area contributed by atoms with E-state index in [-0.39, 0.29) is 5.92 Å². The van der Waals surface area contributed by atoms with Crippen LogP contribution in [0.25, 0.3) is 33.9 Å². The Bertz CT molecular complexity index is 2150. The SMILES string of the molecule is Clc1ccccc1-c1nc(-c2ccccc2)c(-c2ccccc2)n1C1(C2C=CC=CC2Cl)N=C(c2ccccc2)C(c2ccccc2)=N1. The van der Waals surface area contributed by atoms with Crippen molar-refractivity contribution in [2.75, 3.05) is 0 Å². The zero-order valence-electron chi connectivity index (χ0n) is 25.9. The maximum absolute atomic E-state index is 7.31. The second kappa shape index (κ2) is 12.7. The molecule has 0 N–H and O–H groups in total. The predicted octanol–water partition coefficient (Wildman–Crippen LogP) is 10.5. The Morgan fingerprint density at radius 3 is 1.56 bits per heavy atom. The molecule has 4 nitrogen and oxygen atoms in total. The highest BCUT2D eigenvalue weighted by Crippen LogP contribution is 2.49. The fourth-order valence-corrected chi connectivity index (χ4v) is 7.16. The van der Waals surface area contributed by atoms with Crippen LogP contribution in [0.1, 0.15) is 11.1 Å². The average Bonchev–Trinajstić information content (AvgIpc) is 3.75. The van der Waals surface area contributed by atoms with Gasteiger partial charge in [-0.05, 0) is 12.1 Å². The normalized spacial score (nSPS) is 18.0. The second-order valence-electron chi connectivity index (χ2n) is 11.8. The van der Waals surface area contributed by atoms with Crippen LogP contribution in [0.15, 0.2) is 180 Å². The first-order chi connectivity index (χ1) is 23.6. The fourth-order valence-electron chi connectivity index (χ4n) is 6.60. The molecule has 8 rings (SSSR count). The number of allylic oxidation sites excluding steroid dienone is 3. The van der Waals surface area contributed by atoms with Crippen LogP contribution in [0.3, 0.4) is 0 Å². The number of hydrogen-bond acceptors (Lipinski definition) is 3. The van der Waals surface area contributed by atoms with Crippen LogP contribution in [0, 0.1) is 5.92 Å². The molecule has 48 heavy (non-hydrogen) atoms. The molecular weight excluding hydrogens is 631 g/mol. The number of hydrogen-bond donors (Lipinski definition) is 0. The van der Waals surface area contributed by atoms with E-state index in [2.05, 4.69) is 59.2 Å². The van der Waals surface area contributed by atoms with Crippen molar-refractivity contribution in [2.24, 2.45) is 15.9 Å². The molecule has 2 aliphatic rings. The summed E-state index contributed by atoms with van der Waals surface area (Å²) in [5.74, 6) is -1.02. The van der Waals surface area contributed by atoms with E-state index in [1.807, 2.05) is 115 Å². The van der Waals surface area contributed by atoms with Gasteiger partial charge in [0.1, 0.15) is 5.82 Å². The second-order valence-corrected chi connectivity index (χ2v) is 12.7. The van der Waals surface area contributed by atoms with Crippen LogP contribution in [0.4, 0.5) is 0 Å². The van der Waals surface area contributed by atoms with Gasteiger partial charge in [-0.1, -0.05) is 169 Å². The van der Waals surface area contributed by atoms with Crippen molar-refractivity contribution < 1.29 is 0 Å². The van der Waals surface area contributed by atoms with Crippen LogP contribution in [-0.4, -0.2) is 26.4 Å². The maximum Gasteiger partial charge on any atom is 0.242 e. The van der Waals surface area contributed by atoms with Crippen LogP contribution in [0.5, 0.6) is 0 Å². The number of aromatic nitrogens is 2. The molecule has 0 saturated carbocycles. The van der Waals surface area contributed by atoms with Crippen molar-refractivity contribution >= 4 is 34.6 Å². The molecule has 0 fully saturated rings. The first kappa shape index (κ1) is 30.1. The number of aliphatic imine (C=N–C) groups is 2. The summed E-state index contributed by atoms with van der Waals surface area (Å²) < 4.78 is 2.19. The minimum Gasteiger partial charge on any atom is -0.278 e. The van der Waals surface area contributed by atoms with Gasteiger partial charge in [0.25, 0.3) is 0 Å². The molecule has 2 atom stereocenters. The average molecular weight is 662 g/mol. The van der Waals surface area contributed by atoms with Gasteiger partial charge in [-0.15, -0.1) is 11.6 Å². The smallest absolute Gasteiger partial charge is 0.242 e. The Morgan fingerprint density at radius 1 is 0.542 bits per heavy atom. The van der Waals surface area contributed by atoms with Gasteiger partial charge in [-0.25, -0.2) is 15.0 Å². The molecule has 2 heterocycles. The third-order valence-electron chi connectivity index (χ3n) is 8.80. The van der Waals surface area contributed by atoms with Crippen LogP contribution in [-0.2, 0) is 5.79 Å². The zero-order chi connectivity index (χ0) is 32.5. The molecule has 6 heteroatoms. The van der Waals surface area contributed by atoms with E-state index in [9.17, 15) is 0 Å². The molecule has 5 aromatic carbocycles. The largest absolute Gasteiger partial charge is 0.278 e. The van der Waals surface area contributed by atoms with E-state index < -0.39 is 11.2 Å². The van der Waals surface area contributed by atoms with E-state index in [4.69, 9.17) is 38.2 Å². The Hall–Kier alpha value is -5.29. The summed E-state index contributed by atoms with van der Waals surface area (Å²) in [7, 11) is 0. The molecule has 0 amide bonds. The van der Waals surface area contributed by atoms with Crippen molar-refractivity contribution in [3.8, 4) is 33.9 Å². The third-order valence-corrected chi connectivity index (χ3v) is 9.55. The summed E-state index contributed by atoms with van der Waals surface area (Å²) >= 11 is 14.3. The molecule has 1 aliphatic carbocycles. The lowest BCUT2D eigenvalue weighted by Gasteiger charge is -2.37. The highest BCUT2D eigenvalue weighted by Gasteiger charge is 2.50. The summed E-state index contributed by atoms with van der Waals surface area (Å²) in [5.41, 5.74) is 7.90. The molecule has 2 unspecified atom stereocenters. The van der Waals surface area contributed by atoms with Crippen molar-refractivity contribution in [1.82, 2.24) is 9.55 Å². The van der Waals surface area contributed by atoms with Gasteiger partial charge in [0.2, 0.25) is 5.79 Å². The summed E-state index contributed by atoms with van der Waals surface area (Å²) in [6.07, 6.45) is 8.14. The van der Waals surface area contributed by atoms with Gasteiger partial charge in [0, 0.05) is 27.8 Å². The summed E-state index contributed by atoms with van der Waals surface area (Å²) in [4.78, 5) is 16.9. The monoisotopic (exact) mass is 660 g/mol. The minimum absolute atomic E-state index is 0.384. The topological polar surface area (TPSA) is 42.5 Å². The molecule has 0 spiro atoms. The lowest BCUT2D eigenvalue weighted by Crippen LogP contribution is -2.41. The van der Waals surface area contributed by atoms with Crippen molar-refractivity contribution in [3.05, 3.63) is 186 Å². The van der Waals surface area contributed by atoms with E-state index in [0.717, 1.165) is 50.6 Å². The molecular formula is C42H30Cl2N4. The first-order valence-corrected chi connectivity index (χ1v) is 16.7. The van der Waals surface area contributed by atoms with Gasteiger partial charge in [-0.3, -0.25) is 4.57 Å². The van der Waals surface area contributed by atoms with E-state index in [1.54, 1.807) is 0 Å². The van der Waals surface area contributed by atoms with Crippen molar-refractivity contribution in [3.63, 3.8) is 0 Å². The highest BCUT2D eigenvalue weighted by molar-refractivity contribution is 6.54. The van der Waals surface area contributed by atoms with Crippen molar-refractivity contribution in [2.45, 2.75) is 11.2 Å². The van der Waals surface area contributed by atoms with Crippen LogP contribution in [0.2, 0.25) is 5.02 Å². The Balaban J connectivity index is 1.56. The standard InChI is InChI=1S/C42H30Cl2N4/c43-35-27-15-13-25-33(35)41-45-39(31-21-9-3-10-22-31)40(32-23-11-4-12-24-32)48(41)42(34-26-14-16-28-36(34)44)46-37(29-17-5-1-6-18-29)38(47-42)30-19-7-2-8-20-30/h1-28,34,36H. The molecule has 1 aliphatic heterocycles. The summed E-state index contributed by atoms with van der Waals surface area (Å²) in [6, 6.07) is 48.9. The number of alkyl halides is 1. The predicted molar refractivity (Wildman–Crippen MR) is 199 cm³/mol. The molecule has 1 aromatic heterocycles. The summed E-state index contributed by atoms with van der Waals surface area (Å²) in [5, 5.41) is 0.164. The number of imidazole rings is 1. The van der Waals surface area contributed by atoms with Gasteiger partial charge in [0.05, 0.1) is 39.1 Å². The zero-order valence-corrected chi connectivity index (χ0v) is 27.4. The molecule has 6 aromatic rings. The Labute approximate surface area is 290 Å². The fraction of sp³-hybridized carbons (Fsp3) is 0.0714. The highest BCUT2D eigenvalue weighted by atomic mass is 35.5. The molecule has 0 radical (unpaired) electrons. The lowest BCUT2D eigenvalue weighted by atomic mass is 9.91. The maximum atomic E-state index is 7.31.